The van der Waals surface area contributed by atoms with E-state index in [0.717, 1.165) is 45.7 Å². The fraction of sp³-hybridized carbons (Fsp3) is 0.286. The van der Waals surface area contributed by atoms with Gasteiger partial charge in [0.15, 0.2) is 5.13 Å². The second kappa shape index (κ2) is 13.4. The lowest BCUT2D eigenvalue weighted by Crippen LogP contribution is -2.46. The van der Waals surface area contributed by atoms with Crippen molar-refractivity contribution in [3.8, 4) is 5.75 Å². The van der Waals surface area contributed by atoms with Crippen LogP contribution in [0.2, 0.25) is 10.0 Å². The van der Waals surface area contributed by atoms with Gasteiger partial charge in [0, 0.05) is 45.3 Å². The standard InChI is InChI=1S/C28H29Cl2N5O4S2/c29-22-8-4-9-23(30)26(22)41(37,38)39-21-10-11-24-25(18-21)40-28(32-24)33-27(36)31-12-5-13-34-14-16-35(17-15-34)19-20-6-2-1-3-7-20/h1-4,6-11,18H,5,12-17,19H2,(H2,31,32,33,36). The van der Waals surface area contributed by atoms with Crippen LogP contribution in [-0.4, -0.2) is 68.5 Å². The number of urea groups is 1. The van der Waals surface area contributed by atoms with Crippen LogP contribution in [0.1, 0.15) is 12.0 Å². The fourth-order valence-electron chi connectivity index (χ4n) is 4.56. The van der Waals surface area contributed by atoms with Crippen molar-refractivity contribution in [1.29, 1.82) is 0 Å². The molecule has 1 aromatic heterocycles. The molecule has 0 radical (unpaired) electrons. The van der Waals surface area contributed by atoms with Crippen LogP contribution in [0.3, 0.4) is 0 Å². The Labute approximate surface area is 253 Å². The van der Waals surface area contributed by atoms with E-state index >= 15 is 0 Å². The first-order chi connectivity index (χ1) is 19.8. The first-order valence-corrected chi connectivity index (χ1v) is 16.1. The zero-order chi connectivity index (χ0) is 28.8. The van der Waals surface area contributed by atoms with Crippen molar-refractivity contribution in [3.05, 3.63) is 82.3 Å². The Bertz CT molecular complexity index is 1590. The number of carbonyl (C=O) groups excluding carboxylic acids is 1. The molecule has 4 aromatic rings. The predicted molar refractivity (Wildman–Crippen MR) is 164 cm³/mol. The molecule has 0 atom stereocenters. The van der Waals surface area contributed by atoms with Crippen molar-refractivity contribution in [1.82, 2.24) is 20.1 Å². The normalized spacial score (nSPS) is 14.7. The molecule has 0 spiro atoms. The predicted octanol–water partition coefficient (Wildman–Crippen LogP) is 5.70. The highest BCUT2D eigenvalue weighted by atomic mass is 35.5. The Morgan fingerprint density at radius 3 is 2.39 bits per heavy atom. The molecule has 0 aliphatic carbocycles. The smallest absolute Gasteiger partial charge is 0.342 e. The molecule has 13 heteroatoms. The second-order valence-electron chi connectivity index (χ2n) is 9.57. The molecule has 0 bridgehead atoms. The summed E-state index contributed by atoms with van der Waals surface area (Å²) in [6.07, 6.45) is 0.844. The van der Waals surface area contributed by atoms with Gasteiger partial charge in [-0.05, 0) is 42.8 Å². The number of amides is 2. The minimum Gasteiger partial charge on any atom is -0.379 e. The van der Waals surface area contributed by atoms with Gasteiger partial charge in [-0.2, -0.15) is 8.42 Å². The highest BCUT2D eigenvalue weighted by Crippen LogP contribution is 2.34. The lowest BCUT2D eigenvalue weighted by Gasteiger charge is -2.34. The molecule has 1 saturated heterocycles. The van der Waals surface area contributed by atoms with Gasteiger partial charge in [0.1, 0.15) is 10.6 Å². The highest BCUT2D eigenvalue weighted by molar-refractivity contribution is 7.87. The molecule has 2 N–H and O–H groups in total. The molecule has 2 amide bonds. The maximum atomic E-state index is 12.8. The largest absolute Gasteiger partial charge is 0.379 e. The summed E-state index contributed by atoms with van der Waals surface area (Å²) < 4.78 is 31.4. The van der Waals surface area contributed by atoms with E-state index < -0.39 is 10.1 Å². The van der Waals surface area contributed by atoms with Gasteiger partial charge in [0.05, 0.1) is 20.3 Å². The van der Waals surface area contributed by atoms with Gasteiger partial charge < -0.3 is 14.4 Å². The number of carbonyl (C=O) groups is 1. The van der Waals surface area contributed by atoms with Crippen LogP contribution in [0.25, 0.3) is 10.2 Å². The highest BCUT2D eigenvalue weighted by Gasteiger charge is 2.24. The van der Waals surface area contributed by atoms with Crippen LogP contribution in [0, 0.1) is 0 Å². The molecule has 5 rings (SSSR count). The number of nitrogens with one attached hydrogen (secondary N) is 2. The Morgan fingerprint density at radius 2 is 1.66 bits per heavy atom. The summed E-state index contributed by atoms with van der Waals surface area (Å²) in [5.74, 6) is 0.0778. The number of benzene rings is 3. The zero-order valence-electron chi connectivity index (χ0n) is 22.1. The number of thiazole rings is 1. The molecule has 9 nitrogen and oxygen atoms in total. The number of rotatable bonds is 10. The van der Waals surface area contributed by atoms with Crippen LogP contribution in [-0.2, 0) is 16.7 Å². The molecule has 41 heavy (non-hydrogen) atoms. The minimum absolute atomic E-state index is 0.0322. The van der Waals surface area contributed by atoms with Crippen molar-refractivity contribution in [2.24, 2.45) is 0 Å². The average molecular weight is 635 g/mol. The van der Waals surface area contributed by atoms with Crippen LogP contribution in [0.15, 0.2) is 71.6 Å². The van der Waals surface area contributed by atoms with E-state index in [4.69, 9.17) is 27.4 Å². The summed E-state index contributed by atoms with van der Waals surface area (Å²) in [5, 5.41) is 5.95. The van der Waals surface area contributed by atoms with Crippen LogP contribution >= 0.6 is 34.5 Å². The van der Waals surface area contributed by atoms with Gasteiger partial charge in [0.2, 0.25) is 0 Å². The van der Waals surface area contributed by atoms with Gasteiger partial charge in [-0.1, -0.05) is 70.9 Å². The summed E-state index contributed by atoms with van der Waals surface area (Å²) in [5.41, 5.74) is 1.93. The Kier molecular flexibility index (Phi) is 9.64. The quantitative estimate of drug-likeness (QED) is 0.170. The summed E-state index contributed by atoms with van der Waals surface area (Å²) in [4.78, 5) is 21.4. The number of halogens is 2. The number of aromatic nitrogens is 1. The van der Waals surface area contributed by atoms with Gasteiger partial charge in [-0.15, -0.1) is 0 Å². The Balaban J connectivity index is 1.06. The Morgan fingerprint density at radius 1 is 0.951 bits per heavy atom. The summed E-state index contributed by atoms with van der Waals surface area (Å²) in [6, 6.07) is 19.2. The van der Waals surface area contributed by atoms with Crippen molar-refractivity contribution in [3.63, 3.8) is 0 Å². The van der Waals surface area contributed by atoms with Crippen molar-refractivity contribution in [2.45, 2.75) is 17.9 Å². The molecule has 216 valence electrons. The average Bonchev–Trinajstić information content (AvgIpc) is 3.33. The maximum Gasteiger partial charge on any atom is 0.342 e. The van der Waals surface area contributed by atoms with E-state index in [1.807, 2.05) is 6.07 Å². The summed E-state index contributed by atoms with van der Waals surface area (Å²) in [6.45, 7) is 6.55. The molecule has 2 heterocycles. The summed E-state index contributed by atoms with van der Waals surface area (Å²) in [7, 11) is -4.26. The molecule has 1 aliphatic rings. The number of fused-ring (bicyclic) bond motifs is 1. The van der Waals surface area contributed by atoms with E-state index in [9.17, 15) is 13.2 Å². The van der Waals surface area contributed by atoms with Gasteiger partial charge in [-0.25, -0.2) is 9.78 Å². The minimum atomic E-state index is -4.26. The molecule has 0 unspecified atom stereocenters. The van der Waals surface area contributed by atoms with E-state index in [1.165, 1.54) is 41.2 Å². The second-order valence-corrected chi connectivity index (χ2v) is 12.9. The molecule has 0 saturated carbocycles. The van der Waals surface area contributed by atoms with Gasteiger partial charge in [-0.3, -0.25) is 10.2 Å². The number of nitrogens with zero attached hydrogens (tertiary/aromatic N) is 3. The maximum absolute atomic E-state index is 12.8. The van der Waals surface area contributed by atoms with E-state index in [2.05, 4.69) is 49.7 Å². The third-order valence-corrected chi connectivity index (χ3v) is 9.75. The topological polar surface area (TPSA) is 104 Å². The third-order valence-electron chi connectivity index (χ3n) is 6.61. The fourth-order valence-corrected chi connectivity index (χ4v) is 7.47. The number of anilines is 1. The zero-order valence-corrected chi connectivity index (χ0v) is 25.2. The van der Waals surface area contributed by atoms with E-state index in [1.54, 1.807) is 12.1 Å². The van der Waals surface area contributed by atoms with E-state index in [0.29, 0.717) is 21.9 Å². The van der Waals surface area contributed by atoms with Gasteiger partial charge in [0.25, 0.3) is 0 Å². The third kappa shape index (κ3) is 7.88. The molecular weight excluding hydrogens is 605 g/mol. The van der Waals surface area contributed by atoms with Crippen LogP contribution in [0.5, 0.6) is 5.75 Å². The number of hydrogen-bond donors (Lipinski definition) is 2. The number of piperazine rings is 1. The van der Waals surface area contributed by atoms with Crippen molar-refractivity contribution < 1.29 is 17.4 Å². The number of hydrogen-bond acceptors (Lipinski definition) is 8. The van der Waals surface area contributed by atoms with Gasteiger partial charge >= 0.3 is 16.1 Å². The van der Waals surface area contributed by atoms with Crippen LogP contribution < -0.4 is 14.8 Å². The monoisotopic (exact) mass is 633 g/mol. The first kappa shape index (κ1) is 29.6. The lowest BCUT2D eigenvalue weighted by molar-refractivity contribution is 0.126. The molecular formula is C28H29Cl2N5O4S2. The molecule has 1 fully saturated rings. The Hall–Kier alpha value is -2.93. The lowest BCUT2D eigenvalue weighted by atomic mass is 10.2. The van der Waals surface area contributed by atoms with Crippen molar-refractivity contribution >= 4 is 66.0 Å². The molecule has 3 aromatic carbocycles. The SMILES string of the molecule is O=C(NCCCN1CCN(Cc2ccccc2)CC1)Nc1nc2ccc(OS(=O)(=O)c3c(Cl)cccc3Cl)cc2s1. The van der Waals surface area contributed by atoms with Crippen molar-refractivity contribution in [2.75, 3.05) is 44.6 Å². The van der Waals surface area contributed by atoms with Crippen LogP contribution in [0.4, 0.5) is 9.93 Å². The molecule has 1 aliphatic heterocycles. The first-order valence-electron chi connectivity index (χ1n) is 13.1. The summed E-state index contributed by atoms with van der Waals surface area (Å²) >= 11 is 13.3. The van der Waals surface area contributed by atoms with E-state index in [-0.39, 0.29) is 26.7 Å².